The molecule has 3 aliphatic heterocycles. The van der Waals surface area contributed by atoms with Gasteiger partial charge in [0.25, 0.3) is 5.91 Å². The highest BCUT2D eigenvalue weighted by atomic mass is 16.6. The fourth-order valence-electron chi connectivity index (χ4n) is 6.88. The van der Waals surface area contributed by atoms with Crippen molar-refractivity contribution < 1.29 is 29.0 Å². The number of aliphatic hydroxyl groups is 1. The number of carbonyl (C=O) groups is 3. The number of rotatable bonds is 10. The lowest BCUT2D eigenvalue weighted by molar-refractivity contribution is -0.160. The number of benzene rings is 2. The zero-order valence-electron chi connectivity index (χ0n) is 21.7. The summed E-state index contributed by atoms with van der Waals surface area (Å²) in [5.74, 6) is -2.89. The van der Waals surface area contributed by atoms with E-state index < -0.39 is 35.0 Å². The van der Waals surface area contributed by atoms with E-state index in [0.717, 1.165) is 10.8 Å². The first-order chi connectivity index (χ1) is 18.4. The van der Waals surface area contributed by atoms with E-state index in [1.54, 1.807) is 11.0 Å². The molecule has 0 saturated carbocycles. The molecule has 0 radical (unpaired) electrons. The van der Waals surface area contributed by atoms with Gasteiger partial charge < -0.3 is 24.4 Å². The van der Waals surface area contributed by atoms with E-state index in [4.69, 9.17) is 9.47 Å². The van der Waals surface area contributed by atoms with Crippen molar-refractivity contribution in [3.05, 3.63) is 67.8 Å². The quantitative estimate of drug-likeness (QED) is 0.383. The number of fused-ring (bicyclic) bond motifs is 2. The molecule has 8 nitrogen and oxygen atoms in total. The molecule has 0 aliphatic carbocycles. The fourth-order valence-corrected chi connectivity index (χ4v) is 6.88. The third-order valence-electron chi connectivity index (χ3n) is 8.48. The zero-order valence-corrected chi connectivity index (χ0v) is 21.7. The van der Waals surface area contributed by atoms with Gasteiger partial charge in [-0.25, -0.2) is 0 Å². The van der Waals surface area contributed by atoms with Crippen LogP contribution in [0.15, 0.2) is 67.8 Å². The van der Waals surface area contributed by atoms with Crippen molar-refractivity contribution in [1.82, 2.24) is 4.90 Å². The molecule has 2 aromatic rings. The second kappa shape index (κ2) is 10.0. The average Bonchev–Trinajstić information content (AvgIpc) is 3.54. The summed E-state index contributed by atoms with van der Waals surface area (Å²) in [6.07, 6.45) is 4.63. The second-order valence-electron chi connectivity index (χ2n) is 10.3. The molecule has 2 amide bonds. The largest absolute Gasteiger partial charge is 0.461 e. The van der Waals surface area contributed by atoms with Crippen molar-refractivity contribution in [2.75, 3.05) is 31.2 Å². The molecule has 5 atom stereocenters. The Hall–Kier alpha value is -3.49. The summed E-state index contributed by atoms with van der Waals surface area (Å²) in [7, 11) is 0. The van der Waals surface area contributed by atoms with Crippen LogP contribution in [0.4, 0.5) is 5.69 Å². The molecule has 2 bridgehead atoms. The summed E-state index contributed by atoms with van der Waals surface area (Å²) < 4.78 is 12.1. The van der Waals surface area contributed by atoms with Gasteiger partial charge in [-0.3, -0.25) is 14.4 Å². The molecule has 1 spiro atoms. The highest BCUT2D eigenvalue weighted by Gasteiger charge is 2.79. The van der Waals surface area contributed by atoms with Crippen LogP contribution in [0.1, 0.15) is 26.2 Å². The van der Waals surface area contributed by atoms with Gasteiger partial charge in [-0.1, -0.05) is 56.0 Å². The molecule has 8 heteroatoms. The number of amides is 2. The van der Waals surface area contributed by atoms with E-state index >= 15 is 0 Å². The molecule has 0 aromatic heterocycles. The molecular weight excluding hydrogens is 484 g/mol. The first-order valence-corrected chi connectivity index (χ1v) is 13.2. The Bertz CT molecular complexity index is 1290. The maximum Gasteiger partial charge on any atom is 0.313 e. The molecule has 2 aromatic carbocycles. The number of ether oxygens (including phenoxy) is 2. The maximum atomic E-state index is 14.5. The number of likely N-dealkylation sites (tertiary alicyclic amines) is 1. The number of carbonyl (C=O) groups excluding carboxylic acids is 3. The molecule has 3 heterocycles. The van der Waals surface area contributed by atoms with Crippen molar-refractivity contribution >= 4 is 34.2 Å². The van der Waals surface area contributed by atoms with Gasteiger partial charge in [0, 0.05) is 18.8 Å². The number of anilines is 1. The molecule has 38 heavy (non-hydrogen) atoms. The number of esters is 1. The van der Waals surface area contributed by atoms with E-state index in [2.05, 4.69) is 13.2 Å². The summed E-state index contributed by atoms with van der Waals surface area (Å²) in [5, 5.41) is 11.9. The molecule has 5 rings (SSSR count). The predicted octanol–water partition coefficient (Wildman–Crippen LogP) is 3.24. The van der Waals surface area contributed by atoms with Crippen LogP contribution >= 0.6 is 0 Å². The second-order valence-corrected chi connectivity index (χ2v) is 10.3. The van der Waals surface area contributed by atoms with Crippen molar-refractivity contribution in [2.45, 2.75) is 43.4 Å². The lowest BCUT2D eigenvalue weighted by Gasteiger charge is -2.36. The van der Waals surface area contributed by atoms with Crippen LogP contribution in [0.25, 0.3) is 10.8 Å². The van der Waals surface area contributed by atoms with Crippen LogP contribution < -0.4 is 4.90 Å². The van der Waals surface area contributed by atoms with E-state index in [1.807, 2.05) is 49.4 Å². The van der Waals surface area contributed by atoms with E-state index in [0.29, 0.717) is 24.9 Å². The van der Waals surface area contributed by atoms with Crippen molar-refractivity contribution in [1.29, 1.82) is 0 Å². The lowest BCUT2D eigenvalue weighted by atomic mass is 9.65. The van der Waals surface area contributed by atoms with Gasteiger partial charge in [-0.2, -0.15) is 0 Å². The third kappa shape index (κ3) is 3.77. The summed E-state index contributed by atoms with van der Waals surface area (Å²) in [5.41, 5.74) is -1.40. The van der Waals surface area contributed by atoms with Crippen molar-refractivity contribution in [3.63, 3.8) is 0 Å². The number of hydrogen-bond donors (Lipinski definition) is 1. The van der Waals surface area contributed by atoms with E-state index in [-0.39, 0.29) is 38.1 Å². The van der Waals surface area contributed by atoms with Crippen LogP contribution in [0.3, 0.4) is 0 Å². The Morgan fingerprint density at radius 1 is 1.18 bits per heavy atom. The van der Waals surface area contributed by atoms with Gasteiger partial charge in [0.1, 0.15) is 24.2 Å². The molecule has 3 aliphatic rings. The Balaban J connectivity index is 1.59. The fraction of sp³-hybridized carbons (Fsp3) is 0.433. The Kier molecular flexibility index (Phi) is 6.88. The van der Waals surface area contributed by atoms with Gasteiger partial charge >= 0.3 is 5.97 Å². The molecular formula is C30H34N2O6. The van der Waals surface area contributed by atoms with Gasteiger partial charge in [-0.15, -0.1) is 6.58 Å². The summed E-state index contributed by atoms with van der Waals surface area (Å²) in [6, 6.07) is 12.7. The number of hydrogen-bond acceptors (Lipinski definition) is 6. The van der Waals surface area contributed by atoms with Gasteiger partial charge in [0.15, 0.2) is 0 Å². The smallest absolute Gasteiger partial charge is 0.313 e. The number of aliphatic hydroxyl groups excluding tert-OH is 1. The Labute approximate surface area is 222 Å². The molecule has 1 N–H and O–H groups in total. The van der Waals surface area contributed by atoms with Crippen LogP contribution in [0.2, 0.25) is 0 Å². The van der Waals surface area contributed by atoms with E-state index in [1.165, 1.54) is 11.0 Å². The number of β-amino-alcohol motifs (C(OH)–C–C–N with tert-alkyl or cyclic N) is 1. The van der Waals surface area contributed by atoms with Gasteiger partial charge in [0.05, 0.1) is 18.1 Å². The SMILES string of the molecule is C=CCOC(=O)[C@H]1[C@H]2C(=O)N(CCO)C(C(=O)N(CC=C)c3ccc4ccccc4c3)C23CC[C@]1(CC)O3. The standard InChI is InChI=1S/C30H34N2O6/c1-4-15-31(22-12-11-20-9-7-8-10-21(20)19-22)27(35)25-30-14-13-29(6-3,38-30)24(28(36)37-18-5-2)23(30)26(34)32(25)16-17-33/h4-5,7-12,19,23-25,33H,1-2,6,13-18H2,3H3/t23-,24+,25?,29-,30?/m0/s1. The van der Waals surface area contributed by atoms with Gasteiger partial charge in [-0.05, 0) is 42.2 Å². The zero-order chi connectivity index (χ0) is 27.1. The summed E-state index contributed by atoms with van der Waals surface area (Å²) >= 11 is 0. The number of nitrogens with zero attached hydrogens (tertiary/aromatic N) is 2. The maximum absolute atomic E-state index is 14.5. The van der Waals surface area contributed by atoms with Crippen LogP contribution in [-0.4, -0.2) is 71.3 Å². The highest BCUT2D eigenvalue weighted by molar-refractivity contribution is 6.05. The third-order valence-corrected chi connectivity index (χ3v) is 8.48. The minimum Gasteiger partial charge on any atom is -0.461 e. The van der Waals surface area contributed by atoms with Crippen molar-refractivity contribution in [2.24, 2.45) is 11.8 Å². The normalized spacial score (nSPS) is 29.4. The first kappa shape index (κ1) is 26.1. The molecule has 3 fully saturated rings. The van der Waals surface area contributed by atoms with Crippen LogP contribution in [0, 0.1) is 11.8 Å². The van der Waals surface area contributed by atoms with Crippen molar-refractivity contribution in [3.8, 4) is 0 Å². The predicted molar refractivity (Wildman–Crippen MR) is 143 cm³/mol. The summed E-state index contributed by atoms with van der Waals surface area (Å²) in [6.45, 7) is 9.29. The molecule has 3 saturated heterocycles. The molecule has 2 unspecified atom stereocenters. The first-order valence-electron chi connectivity index (χ1n) is 13.2. The molecule has 200 valence electrons. The topological polar surface area (TPSA) is 96.4 Å². The highest BCUT2D eigenvalue weighted by Crippen LogP contribution is 2.64. The van der Waals surface area contributed by atoms with Crippen LogP contribution in [-0.2, 0) is 23.9 Å². The lowest BCUT2D eigenvalue weighted by Crippen LogP contribution is -2.56. The van der Waals surface area contributed by atoms with Crippen LogP contribution in [0.5, 0.6) is 0 Å². The Morgan fingerprint density at radius 3 is 2.63 bits per heavy atom. The Morgan fingerprint density at radius 2 is 1.95 bits per heavy atom. The summed E-state index contributed by atoms with van der Waals surface area (Å²) in [4.78, 5) is 44.7. The van der Waals surface area contributed by atoms with Gasteiger partial charge in [0.2, 0.25) is 5.91 Å². The van der Waals surface area contributed by atoms with E-state index in [9.17, 15) is 19.5 Å². The minimum absolute atomic E-state index is 0.0286. The minimum atomic E-state index is -1.19. The average molecular weight is 519 g/mol. The monoisotopic (exact) mass is 518 g/mol.